The first-order valence-corrected chi connectivity index (χ1v) is 8.72. The maximum atomic E-state index is 12.5. The van der Waals surface area contributed by atoms with Crippen molar-refractivity contribution < 1.29 is 8.42 Å². The fourth-order valence-electron chi connectivity index (χ4n) is 1.71. The minimum absolute atomic E-state index is 0.167. The van der Waals surface area contributed by atoms with Gasteiger partial charge in [-0.15, -0.1) is 0 Å². The largest absolute Gasteiger partial charge is 0.398 e. The molecule has 0 bridgehead atoms. The lowest BCUT2D eigenvalue weighted by atomic mass is 10.2. The fraction of sp³-hybridized carbons (Fsp3) is 0.0769. The standard InChI is InChI=1S/C13H12Br2N2O2S/c1-8-11(16)6-3-7-12(8)20(18,19)17-13-9(14)4-2-5-10(13)15/h2-7,17H,16H2,1H3. The van der Waals surface area contributed by atoms with Crippen LogP contribution in [0.3, 0.4) is 0 Å². The van der Waals surface area contributed by atoms with E-state index in [1.54, 1.807) is 37.3 Å². The molecule has 0 aliphatic rings. The maximum Gasteiger partial charge on any atom is 0.262 e. The number of halogens is 2. The molecule has 7 heteroatoms. The van der Waals surface area contributed by atoms with Crippen molar-refractivity contribution in [3.05, 3.63) is 50.9 Å². The van der Waals surface area contributed by atoms with Gasteiger partial charge in [0.2, 0.25) is 0 Å². The predicted molar refractivity (Wildman–Crippen MR) is 88.2 cm³/mol. The van der Waals surface area contributed by atoms with Crippen LogP contribution < -0.4 is 10.5 Å². The Labute approximate surface area is 134 Å². The van der Waals surface area contributed by atoms with Gasteiger partial charge in [-0.25, -0.2) is 8.42 Å². The van der Waals surface area contributed by atoms with Gasteiger partial charge in [-0.3, -0.25) is 4.72 Å². The lowest BCUT2D eigenvalue weighted by Crippen LogP contribution is -2.15. The minimum atomic E-state index is -3.70. The van der Waals surface area contributed by atoms with Gasteiger partial charge in [-0.05, 0) is 68.6 Å². The van der Waals surface area contributed by atoms with Gasteiger partial charge < -0.3 is 5.73 Å². The molecule has 0 fully saturated rings. The summed E-state index contributed by atoms with van der Waals surface area (Å²) in [6, 6.07) is 10.1. The van der Waals surface area contributed by atoms with Crippen molar-refractivity contribution in [2.45, 2.75) is 11.8 Å². The molecule has 20 heavy (non-hydrogen) atoms. The molecule has 0 atom stereocenters. The number of nitrogens with two attached hydrogens (primary N) is 1. The van der Waals surface area contributed by atoms with Crippen LogP contribution in [0.5, 0.6) is 0 Å². The summed E-state index contributed by atoms with van der Waals surface area (Å²) < 4.78 is 28.8. The van der Waals surface area contributed by atoms with Crippen molar-refractivity contribution in [1.82, 2.24) is 0 Å². The van der Waals surface area contributed by atoms with Gasteiger partial charge in [0.05, 0.1) is 10.6 Å². The number of nitrogens with one attached hydrogen (secondary N) is 1. The van der Waals surface area contributed by atoms with Gasteiger partial charge in [-0.1, -0.05) is 12.1 Å². The number of hydrogen-bond donors (Lipinski definition) is 2. The van der Waals surface area contributed by atoms with E-state index >= 15 is 0 Å². The second-order valence-corrected chi connectivity index (χ2v) is 7.53. The molecule has 0 saturated heterocycles. The molecule has 0 aliphatic carbocycles. The van der Waals surface area contributed by atoms with E-state index in [1.165, 1.54) is 6.07 Å². The van der Waals surface area contributed by atoms with Gasteiger partial charge in [0.15, 0.2) is 0 Å². The lowest BCUT2D eigenvalue weighted by Gasteiger charge is -2.14. The van der Waals surface area contributed by atoms with Crippen LogP contribution in [0.4, 0.5) is 11.4 Å². The smallest absolute Gasteiger partial charge is 0.262 e. The number of hydrogen-bond acceptors (Lipinski definition) is 3. The summed E-state index contributed by atoms with van der Waals surface area (Å²) in [6.45, 7) is 1.68. The molecular formula is C13H12Br2N2O2S. The van der Waals surface area contributed by atoms with E-state index in [0.717, 1.165) is 0 Å². The highest BCUT2D eigenvalue weighted by Gasteiger charge is 2.20. The van der Waals surface area contributed by atoms with Crippen molar-refractivity contribution >= 4 is 53.3 Å². The Kier molecular flexibility index (Phi) is 4.41. The van der Waals surface area contributed by atoms with E-state index in [0.29, 0.717) is 25.9 Å². The van der Waals surface area contributed by atoms with E-state index in [-0.39, 0.29) is 4.90 Å². The van der Waals surface area contributed by atoms with Crippen molar-refractivity contribution in [1.29, 1.82) is 0 Å². The van der Waals surface area contributed by atoms with Crippen LogP contribution in [0.25, 0.3) is 0 Å². The van der Waals surface area contributed by atoms with Gasteiger partial charge in [0, 0.05) is 14.6 Å². The quantitative estimate of drug-likeness (QED) is 0.741. The van der Waals surface area contributed by atoms with Crippen LogP contribution in [-0.2, 0) is 10.0 Å². The van der Waals surface area contributed by atoms with Gasteiger partial charge in [0.1, 0.15) is 0 Å². The number of sulfonamides is 1. The molecule has 0 spiro atoms. The molecule has 4 nitrogen and oxygen atoms in total. The molecule has 2 rings (SSSR count). The molecule has 3 N–H and O–H groups in total. The number of nitrogen functional groups attached to an aromatic ring is 1. The zero-order valence-corrected chi connectivity index (χ0v) is 14.5. The summed E-state index contributed by atoms with van der Waals surface area (Å²) in [5.41, 5.74) is 7.19. The second kappa shape index (κ2) is 5.75. The van der Waals surface area contributed by atoms with Crippen molar-refractivity contribution in [3.63, 3.8) is 0 Å². The monoisotopic (exact) mass is 418 g/mol. The second-order valence-electron chi connectivity index (χ2n) is 4.17. The molecule has 0 aliphatic heterocycles. The highest BCUT2D eigenvalue weighted by atomic mass is 79.9. The van der Waals surface area contributed by atoms with Crippen molar-refractivity contribution in [3.8, 4) is 0 Å². The Bertz CT molecular complexity index is 741. The molecule has 0 unspecified atom stereocenters. The van der Waals surface area contributed by atoms with Crippen LogP contribution >= 0.6 is 31.9 Å². The van der Waals surface area contributed by atoms with Crippen LogP contribution in [0.1, 0.15) is 5.56 Å². The molecule has 0 amide bonds. The Balaban J connectivity index is 2.50. The number of para-hydroxylation sites is 1. The maximum absolute atomic E-state index is 12.5. The Hall–Kier alpha value is -1.05. The first-order chi connectivity index (χ1) is 9.33. The lowest BCUT2D eigenvalue weighted by molar-refractivity contribution is 0.600. The van der Waals surface area contributed by atoms with E-state index in [4.69, 9.17) is 5.73 Å². The highest BCUT2D eigenvalue weighted by molar-refractivity contribution is 9.11. The van der Waals surface area contributed by atoms with E-state index in [1.807, 2.05) is 0 Å². The Morgan fingerprint density at radius 2 is 1.60 bits per heavy atom. The third-order valence-electron chi connectivity index (χ3n) is 2.81. The summed E-state index contributed by atoms with van der Waals surface area (Å²) in [7, 11) is -3.70. The third-order valence-corrected chi connectivity index (χ3v) is 5.63. The van der Waals surface area contributed by atoms with Crippen LogP contribution in [0.2, 0.25) is 0 Å². The third kappa shape index (κ3) is 2.99. The van der Waals surface area contributed by atoms with E-state index < -0.39 is 10.0 Å². The minimum Gasteiger partial charge on any atom is -0.398 e. The zero-order valence-electron chi connectivity index (χ0n) is 10.5. The Morgan fingerprint density at radius 1 is 1.05 bits per heavy atom. The predicted octanol–water partition coefficient (Wildman–Crippen LogP) is 3.90. The Morgan fingerprint density at radius 3 is 2.20 bits per heavy atom. The first-order valence-electron chi connectivity index (χ1n) is 5.65. The molecule has 0 heterocycles. The molecular weight excluding hydrogens is 408 g/mol. The summed E-state index contributed by atoms with van der Waals surface area (Å²) in [4.78, 5) is 0.167. The normalized spacial score (nSPS) is 11.3. The fourth-order valence-corrected chi connectivity index (χ4v) is 4.54. The van der Waals surface area contributed by atoms with Gasteiger partial charge >= 0.3 is 0 Å². The SMILES string of the molecule is Cc1c(N)cccc1S(=O)(=O)Nc1c(Br)cccc1Br. The van der Waals surface area contributed by atoms with Crippen LogP contribution in [0, 0.1) is 6.92 Å². The summed E-state index contributed by atoms with van der Waals surface area (Å²) in [6.07, 6.45) is 0. The van der Waals surface area contributed by atoms with E-state index in [2.05, 4.69) is 36.6 Å². The number of benzene rings is 2. The molecule has 0 aromatic heterocycles. The topological polar surface area (TPSA) is 72.2 Å². The molecule has 0 radical (unpaired) electrons. The highest BCUT2D eigenvalue weighted by Crippen LogP contribution is 2.33. The molecule has 106 valence electrons. The van der Waals surface area contributed by atoms with Crippen LogP contribution in [-0.4, -0.2) is 8.42 Å². The average molecular weight is 420 g/mol. The van der Waals surface area contributed by atoms with E-state index in [9.17, 15) is 8.42 Å². The summed E-state index contributed by atoms with van der Waals surface area (Å²) in [5, 5.41) is 0. The first kappa shape index (κ1) is 15.3. The molecule has 2 aromatic carbocycles. The molecule has 0 saturated carbocycles. The summed E-state index contributed by atoms with van der Waals surface area (Å²) in [5.74, 6) is 0. The number of rotatable bonds is 3. The zero-order chi connectivity index (χ0) is 14.9. The molecule has 2 aromatic rings. The summed E-state index contributed by atoms with van der Waals surface area (Å²) >= 11 is 6.65. The number of anilines is 2. The van der Waals surface area contributed by atoms with Crippen molar-refractivity contribution in [2.75, 3.05) is 10.5 Å². The van der Waals surface area contributed by atoms with Gasteiger partial charge in [0.25, 0.3) is 10.0 Å². The van der Waals surface area contributed by atoms with Crippen LogP contribution in [0.15, 0.2) is 50.2 Å². The van der Waals surface area contributed by atoms with Gasteiger partial charge in [-0.2, -0.15) is 0 Å². The van der Waals surface area contributed by atoms with Crippen molar-refractivity contribution in [2.24, 2.45) is 0 Å². The average Bonchev–Trinajstić information content (AvgIpc) is 2.37.